The van der Waals surface area contributed by atoms with Crippen LogP contribution in [0.4, 0.5) is 5.69 Å². The normalized spacial score (nSPS) is 15.5. The van der Waals surface area contributed by atoms with Crippen LogP contribution in [0, 0.1) is 6.92 Å². The Bertz CT molecular complexity index is 843. The number of amides is 1. The highest BCUT2D eigenvalue weighted by Gasteiger charge is 2.26. The maximum absolute atomic E-state index is 12.8. The van der Waals surface area contributed by atoms with Gasteiger partial charge >= 0.3 is 0 Å². The van der Waals surface area contributed by atoms with E-state index < -0.39 is 10.0 Å². The molecule has 1 aromatic heterocycles. The molecule has 2 heterocycles. The maximum atomic E-state index is 12.8. The number of carbonyl (C=O) groups is 1. The lowest BCUT2D eigenvalue weighted by atomic mass is 10.2. The smallest absolute Gasteiger partial charge is 0.243 e. The summed E-state index contributed by atoms with van der Waals surface area (Å²) in [5, 5.41) is 0. The van der Waals surface area contributed by atoms with E-state index in [9.17, 15) is 13.2 Å². The van der Waals surface area contributed by atoms with Gasteiger partial charge in [0.2, 0.25) is 15.9 Å². The van der Waals surface area contributed by atoms with Crippen molar-refractivity contribution in [2.24, 2.45) is 0 Å². The first-order chi connectivity index (χ1) is 11.4. The number of benzene rings is 1. The molecule has 0 radical (unpaired) electrons. The van der Waals surface area contributed by atoms with E-state index >= 15 is 0 Å². The molecule has 6 nitrogen and oxygen atoms in total. The van der Waals surface area contributed by atoms with E-state index in [1.165, 1.54) is 17.6 Å². The van der Waals surface area contributed by atoms with Crippen LogP contribution in [0.1, 0.15) is 24.2 Å². The van der Waals surface area contributed by atoms with Crippen LogP contribution in [-0.4, -0.2) is 32.2 Å². The van der Waals surface area contributed by atoms with Gasteiger partial charge in [0.05, 0.1) is 17.7 Å². The molecule has 0 N–H and O–H groups in total. The lowest BCUT2D eigenvalue weighted by Crippen LogP contribution is -2.27. The van der Waals surface area contributed by atoms with Crippen LogP contribution in [0.5, 0.6) is 0 Å². The van der Waals surface area contributed by atoms with Crippen LogP contribution in [0.3, 0.4) is 0 Å². The summed E-state index contributed by atoms with van der Waals surface area (Å²) in [6.45, 7) is 2.60. The highest BCUT2D eigenvalue weighted by molar-refractivity contribution is 7.89. The third-order valence-electron chi connectivity index (χ3n) is 4.19. The minimum atomic E-state index is -3.63. The summed E-state index contributed by atoms with van der Waals surface area (Å²) in [6, 6.07) is 8.49. The summed E-state index contributed by atoms with van der Waals surface area (Å²) in [5.74, 6) is 0.665. The van der Waals surface area contributed by atoms with Crippen molar-refractivity contribution in [2.45, 2.75) is 31.2 Å². The summed E-state index contributed by atoms with van der Waals surface area (Å²) in [4.78, 5) is 13.8. The van der Waals surface area contributed by atoms with Crippen molar-refractivity contribution < 1.29 is 17.6 Å². The molecule has 3 rings (SSSR count). The first-order valence-corrected chi connectivity index (χ1v) is 9.23. The molecule has 2 aromatic rings. The topological polar surface area (TPSA) is 70.8 Å². The van der Waals surface area contributed by atoms with Crippen molar-refractivity contribution in [3.05, 3.63) is 47.9 Å². The van der Waals surface area contributed by atoms with Crippen LogP contribution in [0.15, 0.2) is 45.9 Å². The number of nitrogens with zero attached hydrogens (tertiary/aromatic N) is 2. The second-order valence-electron chi connectivity index (χ2n) is 5.94. The Balaban J connectivity index is 1.86. The number of furan rings is 1. The average Bonchev–Trinajstić information content (AvgIpc) is 3.18. The second kappa shape index (κ2) is 6.41. The van der Waals surface area contributed by atoms with E-state index in [1.54, 1.807) is 42.2 Å². The molecule has 0 bridgehead atoms. The van der Waals surface area contributed by atoms with E-state index in [1.807, 2.05) is 0 Å². The first kappa shape index (κ1) is 16.7. The minimum Gasteiger partial charge on any atom is -0.468 e. The Morgan fingerprint density at radius 2 is 2.08 bits per heavy atom. The molecule has 0 unspecified atom stereocenters. The van der Waals surface area contributed by atoms with Crippen LogP contribution in [-0.2, 0) is 21.4 Å². The Labute approximate surface area is 141 Å². The second-order valence-corrected chi connectivity index (χ2v) is 7.95. The van der Waals surface area contributed by atoms with E-state index in [-0.39, 0.29) is 17.3 Å². The fraction of sp³-hybridized carbons (Fsp3) is 0.353. The highest BCUT2D eigenvalue weighted by Crippen LogP contribution is 2.27. The standard InChI is InChI=1S/C17H20N2O4S/c1-13-11-14(19-9-3-6-17(19)20)7-8-16(13)24(21,22)18(2)12-15-5-4-10-23-15/h4-5,7-8,10-11H,3,6,9,12H2,1-2H3. The molecule has 1 aliphatic rings. The Morgan fingerprint density at radius 3 is 2.67 bits per heavy atom. The molecule has 128 valence electrons. The number of sulfonamides is 1. The summed E-state index contributed by atoms with van der Waals surface area (Å²) < 4.78 is 32.0. The zero-order valence-corrected chi connectivity index (χ0v) is 14.5. The molecule has 24 heavy (non-hydrogen) atoms. The van der Waals surface area contributed by atoms with Crippen molar-refractivity contribution >= 4 is 21.6 Å². The molecule has 7 heteroatoms. The van der Waals surface area contributed by atoms with Gasteiger partial charge in [0.15, 0.2) is 0 Å². The van der Waals surface area contributed by atoms with Crippen LogP contribution >= 0.6 is 0 Å². The first-order valence-electron chi connectivity index (χ1n) is 7.79. The van der Waals surface area contributed by atoms with Gasteiger partial charge in [-0.2, -0.15) is 4.31 Å². The molecule has 0 saturated carbocycles. The number of hydrogen-bond donors (Lipinski definition) is 0. The summed E-state index contributed by atoms with van der Waals surface area (Å²) in [6.07, 6.45) is 2.90. The van der Waals surface area contributed by atoms with Gasteiger partial charge in [0.1, 0.15) is 5.76 Å². The van der Waals surface area contributed by atoms with Crippen molar-refractivity contribution in [3.63, 3.8) is 0 Å². The van der Waals surface area contributed by atoms with Crippen molar-refractivity contribution in [2.75, 3.05) is 18.5 Å². The minimum absolute atomic E-state index is 0.0833. The molecule has 1 aliphatic heterocycles. The zero-order valence-electron chi connectivity index (χ0n) is 13.7. The molecule has 0 spiro atoms. The van der Waals surface area contributed by atoms with Crippen LogP contribution in [0.25, 0.3) is 0 Å². The summed E-state index contributed by atoms with van der Waals surface area (Å²) in [5.41, 5.74) is 1.38. The molecule has 1 fully saturated rings. The van der Waals surface area contributed by atoms with E-state index in [0.29, 0.717) is 24.3 Å². The lowest BCUT2D eigenvalue weighted by molar-refractivity contribution is -0.117. The molecule has 1 amide bonds. The molecule has 0 aliphatic carbocycles. The fourth-order valence-corrected chi connectivity index (χ4v) is 4.23. The number of rotatable bonds is 5. The summed E-state index contributed by atoms with van der Waals surface area (Å²) >= 11 is 0. The molecular formula is C17H20N2O4S. The molecular weight excluding hydrogens is 328 g/mol. The van der Waals surface area contributed by atoms with Crippen molar-refractivity contribution in [3.8, 4) is 0 Å². The van der Waals surface area contributed by atoms with Crippen molar-refractivity contribution in [1.29, 1.82) is 0 Å². The number of anilines is 1. The predicted molar refractivity (Wildman–Crippen MR) is 90.1 cm³/mol. The third kappa shape index (κ3) is 3.09. The average molecular weight is 348 g/mol. The highest BCUT2D eigenvalue weighted by atomic mass is 32.2. The molecule has 0 atom stereocenters. The van der Waals surface area contributed by atoms with Gasteiger partial charge in [-0.15, -0.1) is 0 Å². The molecule has 1 saturated heterocycles. The van der Waals surface area contributed by atoms with E-state index in [2.05, 4.69) is 0 Å². The van der Waals surface area contributed by atoms with Gasteiger partial charge in [-0.05, 0) is 49.2 Å². The molecule has 1 aromatic carbocycles. The Kier molecular flexibility index (Phi) is 4.47. The van der Waals surface area contributed by atoms with Gasteiger partial charge < -0.3 is 9.32 Å². The maximum Gasteiger partial charge on any atom is 0.243 e. The monoisotopic (exact) mass is 348 g/mol. The Hall–Kier alpha value is -2.12. The quantitative estimate of drug-likeness (QED) is 0.832. The van der Waals surface area contributed by atoms with Crippen LogP contribution < -0.4 is 4.90 Å². The van der Waals surface area contributed by atoms with E-state index in [4.69, 9.17) is 4.42 Å². The number of aryl methyl sites for hydroxylation is 1. The largest absolute Gasteiger partial charge is 0.468 e. The van der Waals surface area contributed by atoms with Gasteiger partial charge in [0, 0.05) is 25.7 Å². The third-order valence-corrected chi connectivity index (χ3v) is 6.15. The zero-order chi connectivity index (χ0) is 17.3. The fourth-order valence-electron chi connectivity index (χ4n) is 2.89. The van der Waals surface area contributed by atoms with Gasteiger partial charge in [-0.1, -0.05) is 0 Å². The number of carbonyl (C=O) groups excluding carboxylic acids is 1. The van der Waals surface area contributed by atoms with Crippen LogP contribution in [0.2, 0.25) is 0 Å². The van der Waals surface area contributed by atoms with Gasteiger partial charge in [-0.25, -0.2) is 8.42 Å². The summed E-state index contributed by atoms with van der Waals surface area (Å²) in [7, 11) is -2.11. The van der Waals surface area contributed by atoms with Gasteiger partial charge in [-0.3, -0.25) is 4.79 Å². The Morgan fingerprint density at radius 1 is 1.29 bits per heavy atom. The lowest BCUT2D eigenvalue weighted by Gasteiger charge is -2.20. The van der Waals surface area contributed by atoms with Crippen molar-refractivity contribution in [1.82, 2.24) is 4.31 Å². The predicted octanol–water partition coefficient (Wildman–Crippen LogP) is 2.54. The SMILES string of the molecule is Cc1cc(N2CCCC2=O)ccc1S(=O)(=O)N(C)Cc1ccco1. The number of hydrogen-bond acceptors (Lipinski definition) is 4. The van der Waals surface area contributed by atoms with Gasteiger partial charge in [0.25, 0.3) is 0 Å². The van der Waals surface area contributed by atoms with E-state index in [0.717, 1.165) is 12.1 Å².